The molecule has 3 rings (SSSR count). The molecule has 0 heterocycles. The molecule has 29 heavy (non-hydrogen) atoms. The Morgan fingerprint density at radius 2 is 1.55 bits per heavy atom. The molecule has 2 N–H and O–H groups in total. The lowest BCUT2D eigenvalue weighted by Gasteiger charge is -2.13. The van der Waals surface area contributed by atoms with E-state index in [-0.39, 0.29) is 6.03 Å². The number of nitrogens with one attached hydrogen (secondary N) is 2. The van der Waals surface area contributed by atoms with Gasteiger partial charge in [-0.25, -0.2) is 4.79 Å². The minimum Gasteiger partial charge on any atom is -0.497 e. The molecule has 0 atom stereocenters. The van der Waals surface area contributed by atoms with E-state index >= 15 is 0 Å². The summed E-state index contributed by atoms with van der Waals surface area (Å²) in [5, 5.41) is 5.63. The van der Waals surface area contributed by atoms with Gasteiger partial charge < -0.3 is 24.8 Å². The van der Waals surface area contributed by atoms with Gasteiger partial charge in [0, 0.05) is 12.2 Å². The standard InChI is InChI=1S/C23H24N2O4/c1-27-20-11-8-17(9-12-20)16-29-22-14-18(10-13-21(22)28-2)15-24-23(26)25-19-6-4-3-5-7-19/h3-14H,15-16H2,1-2H3,(H2,24,25,26). The van der Waals surface area contributed by atoms with Crippen molar-refractivity contribution in [3.05, 3.63) is 83.9 Å². The summed E-state index contributed by atoms with van der Waals surface area (Å²) in [6, 6.07) is 22.3. The maximum Gasteiger partial charge on any atom is 0.319 e. The fourth-order valence-electron chi connectivity index (χ4n) is 2.71. The Morgan fingerprint density at radius 3 is 2.24 bits per heavy atom. The summed E-state index contributed by atoms with van der Waals surface area (Å²) in [6.45, 7) is 0.757. The second kappa shape index (κ2) is 10.0. The van der Waals surface area contributed by atoms with E-state index in [0.29, 0.717) is 24.7 Å². The molecule has 6 heteroatoms. The summed E-state index contributed by atoms with van der Waals surface area (Å²) in [5.41, 5.74) is 2.65. The number of hydrogen-bond acceptors (Lipinski definition) is 4. The number of methoxy groups -OCH3 is 2. The molecular weight excluding hydrogens is 368 g/mol. The van der Waals surface area contributed by atoms with E-state index in [2.05, 4.69) is 10.6 Å². The summed E-state index contributed by atoms with van der Waals surface area (Å²) in [7, 11) is 3.23. The van der Waals surface area contributed by atoms with E-state index in [1.165, 1.54) is 0 Å². The molecule has 3 aromatic carbocycles. The molecule has 0 aromatic heterocycles. The van der Waals surface area contributed by atoms with Crippen molar-refractivity contribution >= 4 is 11.7 Å². The third-order valence-corrected chi connectivity index (χ3v) is 4.27. The molecule has 0 unspecified atom stereocenters. The van der Waals surface area contributed by atoms with E-state index in [0.717, 1.165) is 22.6 Å². The fourth-order valence-corrected chi connectivity index (χ4v) is 2.71. The quantitative estimate of drug-likeness (QED) is 0.588. The van der Waals surface area contributed by atoms with Crippen molar-refractivity contribution in [2.24, 2.45) is 0 Å². The fraction of sp³-hybridized carbons (Fsp3) is 0.174. The first kappa shape index (κ1) is 20.1. The Bertz CT molecular complexity index is 927. The van der Waals surface area contributed by atoms with Crippen LogP contribution in [0.15, 0.2) is 72.8 Å². The number of benzene rings is 3. The molecule has 2 amide bonds. The zero-order chi connectivity index (χ0) is 20.5. The van der Waals surface area contributed by atoms with Gasteiger partial charge in [-0.05, 0) is 47.5 Å². The highest BCUT2D eigenvalue weighted by molar-refractivity contribution is 5.89. The van der Waals surface area contributed by atoms with Crippen LogP contribution in [0.3, 0.4) is 0 Å². The highest BCUT2D eigenvalue weighted by atomic mass is 16.5. The molecule has 0 fully saturated rings. The topological polar surface area (TPSA) is 68.8 Å². The van der Waals surface area contributed by atoms with Gasteiger partial charge in [0.05, 0.1) is 14.2 Å². The van der Waals surface area contributed by atoms with Crippen LogP contribution in [0.2, 0.25) is 0 Å². The maximum absolute atomic E-state index is 12.1. The Hall–Kier alpha value is -3.67. The van der Waals surface area contributed by atoms with Gasteiger partial charge in [-0.3, -0.25) is 0 Å². The number of carbonyl (C=O) groups excluding carboxylic acids is 1. The van der Waals surface area contributed by atoms with Crippen molar-refractivity contribution in [3.63, 3.8) is 0 Å². The third-order valence-electron chi connectivity index (χ3n) is 4.27. The summed E-state index contributed by atoms with van der Waals surface area (Å²) in [6.07, 6.45) is 0. The van der Waals surface area contributed by atoms with Crippen molar-refractivity contribution in [1.82, 2.24) is 5.32 Å². The van der Waals surface area contributed by atoms with Gasteiger partial charge in [0.25, 0.3) is 0 Å². The largest absolute Gasteiger partial charge is 0.497 e. The van der Waals surface area contributed by atoms with Gasteiger partial charge in [0.2, 0.25) is 0 Å². The van der Waals surface area contributed by atoms with Crippen LogP contribution in [0.5, 0.6) is 17.2 Å². The minimum absolute atomic E-state index is 0.271. The first-order valence-electron chi connectivity index (χ1n) is 9.20. The van der Waals surface area contributed by atoms with Crippen molar-refractivity contribution in [3.8, 4) is 17.2 Å². The Morgan fingerprint density at radius 1 is 0.828 bits per heavy atom. The second-order valence-corrected chi connectivity index (χ2v) is 6.30. The molecule has 0 saturated heterocycles. The number of urea groups is 1. The zero-order valence-corrected chi connectivity index (χ0v) is 16.5. The van der Waals surface area contributed by atoms with Gasteiger partial charge in [-0.15, -0.1) is 0 Å². The first-order valence-corrected chi connectivity index (χ1v) is 9.20. The number of amides is 2. The number of carbonyl (C=O) groups is 1. The van der Waals surface area contributed by atoms with Crippen LogP contribution < -0.4 is 24.8 Å². The normalized spacial score (nSPS) is 10.1. The van der Waals surface area contributed by atoms with Crippen molar-refractivity contribution < 1.29 is 19.0 Å². The van der Waals surface area contributed by atoms with Crippen LogP contribution in [0, 0.1) is 0 Å². The average Bonchev–Trinajstić information content (AvgIpc) is 2.77. The van der Waals surface area contributed by atoms with Crippen LogP contribution in [-0.4, -0.2) is 20.3 Å². The highest BCUT2D eigenvalue weighted by Gasteiger charge is 2.08. The maximum atomic E-state index is 12.1. The summed E-state index contributed by atoms with van der Waals surface area (Å²) in [4.78, 5) is 12.1. The second-order valence-electron chi connectivity index (χ2n) is 6.30. The van der Waals surface area contributed by atoms with Gasteiger partial charge >= 0.3 is 6.03 Å². The van der Waals surface area contributed by atoms with Crippen LogP contribution >= 0.6 is 0 Å². The van der Waals surface area contributed by atoms with Crippen LogP contribution in [-0.2, 0) is 13.2 Å². The molecule has 3 aromatic rings. The monoisotopic (exact) mass is 392 g/mol. The predicted molar refractivity (Wildman–Crippen MR) is 113 cm³/mol. The van der Waals surface area contributed by atoms with Crippen LogP contribution in [0.25, 0.3) is 0 Å². The van der Waals surface area contributed by atoms with E-state index < -0.39 is 0 Å². The predicted octanol–water partition coefficient (Wildman–Crippen LogP) is 4.60. The molecule has 6 nitrogen and oxygen atoms in total. The summed E-state index contributed by atoms with van der Waals surface area (Å²) < 4.78 is 16.5. The summed E-state index contributed by atoms with van der Waals surface area (Å²) in [5.74, 6) is 2.05. The molecule has 0 radical (unpaired) electrons. The number of para-hydroxylation sites is 1. The smallest absolute Gasteiger partial charge is 0.319 e. The Labute approximate surface area is 170 Å². The summed E-state index contributed by atoms with van der Waals surface area (Å²) >= 11 is 0. The van der Waals surface area contributed by atoms with Gasteiger partial charge in [-0.1, -0.05) is 36.4 Å². The van der Waals surface area contributed by atoms with Crippen LogP contribution in [0.1, 0.15) is 11.1 Å². The first-order chi connectivity index (χ1) is 14.2. The highest BCUT2D eigenvalue weighted by Crippen LogP contribution is 2.29. The SMILES string of the molecule is COc1ccc(COc2cc(CNC(=O)Nc3ccccc3)ccc2OC)cc1. The molecular formula is C23H24N2O4. The van der Waals surface area contributed by atoms with E-state index in [1.807, 2.05) is 72.8 Å². The van der Waals surface area contributed by atoms with Crippen molar-refractivity contribution in [1.29, 1.82) is 0 Å². The lowest BCUT2D eigenvalue weighted by molar-refractivity contribution is 0.251. The Kier molecular flexibility index (Phi) is 6.95. The lowest BCUT2D eigenvalue weighted by Crippen LogP contribution is -2.28. The van der Waals surface area contributed by atoms with E-state index in [4.69, 9.17) is 14.2 Å². The van der Waals surface area contributed by atoms with Crippen LogP contribution in [0.4, 0.5) is 10.5 Å². The zero-order valence-electron chi connectivity index (χ0n) is 16.5. The Balaban J connectivity index is 1.59. The van der Waals surface area contributed by atoms with E-state index in [9.17, 15) is 4.79 Å². The molecule has 0 bridgehead atoms. The molecule has 150 valence electrons. The van der Waals surface area contributed by atoms with Gasteiger partial charge in [-0.2, -0.15) is 0 Å². The number of rotatable bonds is 8. The van der Waals surface area contributed by atoms with E-state index in [1.54, 1.807) is 14.2 Å². The minimum atomic E-state index is -0.271. The molecule has 0 saturated carbocycles. The number of ether oxygens (including phenoxy) is 3. The number of anilines is 1. The molecule has 0 aliphatic carbocycles. The molecule has 0 aliphatic rings. The van der Waals surface area contributed by atoms with Gasteiger partial charge in [0.1, 0.15) is 12.4 Å². The lowest BCUT2D eigenvalue weighted by atomic mass is 10.2. The number of hydrogen-bond donors (Lipinski definition) is 2. The van der Waals surface area contributed by atoms with Gasteiger partial charge in [0.15, 0.2) is 11.5 Å². The third kappa shape index (κ3) is 5.90. The van der Waals surface area contributed by atoms with Crippen molar-refractivity contribution in [2.75, 3.05) is 19.5 Å². The van der Waals surface area contributed by atoms with Crippen molar-refractivity contribution in [2.45, 2.75) is 13.2 Å². The molecule has 0 spiro atoms. The molecule has 0 aliphatic heterocycles. The average molecular weight is 392 g/mol.